The van der Waals surface area contributed by atoms with Crippen LogP contribution in [0.3, 0.4) is 0 Å². The van der Waals surface area contributed by atoms with Gasteiger partial charge in [-0.1, -0.05) is 35.9 Å². The summed E-state index contributed by atoms with van der Waals surface area (Å²) >= 11 is 6.15. The highest BCUT2D eigenvalue weighted by atomic mass is 79.9. The van der Waals surface area contributed by atoms with Gasteiger partial charge in [0.25, 0.3) is 0 Å². The van der Waals surface area contributed by atoms with Gasteiger partial charge in [-0.25, -0.2) is 0 Å². The molecule has 0 saturated carbocycles. The lowest BCUT2D eigenvalue weighted by Crippen LogP contribution is -2.39. The fraction of sp³-hybridized carbons (Fsp3) is 0.368. The van der Waals surface area contributed by atoms with Crippen molar-refractivity contribution in [1.29, 1.82) is 0 Å². The Kier molecular flexibility index (Phi) is 4.73. The standard InChI is InChI=1S/C19H20ClNO.BrH/c1-21-9-8-13-10-16(20)18(22)11-15(13)19-14-5-3-2-4-12(14)6-7-17(19)21;/h2-5,10-11,17,19,22H,6-9H2,1H3;1H. The molecule has 1 aliphatic heterocycles. The van der Waals surface area contributed by atoms with E-state index in [-0.39, 0.29) is 22.7 Å². The van der Waals surface area contributed by atoms with Gasteiger partial charge in [-0.2, -0.15) is 0 Å². The average Bonchev–Trinajstić information content (AvgIpc) is 2.66. The lowest BCUT2D eigenvalue weighted by Gasteiger charge is -2.38. The molecule has 2 atom stereocenters. The number of phenolic OH excluding ortho intramolecular Hbond substituents is 1. The maximum Gasteiger partial charge on any atom is 0.134 e. The van der Waals surface area contributed by atoms with Crippen molar-refractivity contribution in [1.82, 2.24) is 4.90 Å². The smallest absolute Gasteiger partial charge is 0.134 e. The number of benzene rings is 2. The van der Waals surface area contributed by atoms with E-state index >= 15 is 0 Å². The minimum atomic E-state index is 0. The Morgan fingerprint density at radius 1 is 1.09 bits per heavy atom. The van der Waals surface area contributed by atoms with Gasteiger partial charge in [0.1, 0.15) is 5.75 Å². The molecule has 0 aromatic heterocycles. The molecular weight excluding hydrogens is 374 g/mol. The van der Waals surface area contributed by atoms with Gasteiger partial charge in [-0.3, -0.25) is 0 Å². The number of rotatable bonds is 0. The first-order chi connectivity index (χ1) is 10.6. The van der Waals surface area contributed by atoms with E-state index in [4.69, 9.17) is 11.6 Å². The number of aromatic hydroxyl groups is 1. The predicted octanol–water partition coefficient (Wildman–Crippen LogP) is 4.56. The Bertz CT molecular complexity index is 733. The van der Waals surface area contributed by atoms with Gasteiger partial charge in [0.05, 0.1) is 5.02 Å². The van der Waals surface area contributed by atoms with E-state index in [2.05, 4.69) is 36.2 Å². The SMILES string of the molecule is Br.CN1CCc2cc(Cl)c(O)cc2C2c3ccccc3CCC21. The minimum absolute atomic E-state index is 0. The molecule has 4 heteroatoms. The number of hydrogen-bond donors (Lipinski definition) is 1. The highest BCUT2D eigenvalue weighted by molar-refractivity contribution is 8.93. The Morgan fingerprint density at radius 2 is 1.87 bits per heavy atom. The number of fused-ring (bicyclic) bond motifs is 5. The van der Waals surface area contributed by atoms with Crippen LogP contribution in [0.5, 0.6) is 5.75 Å². The van der Waals surface area contributed by atoms with Crippen LogP contribution in [0.1, 0.15) is 34.6 Å². The van der Waals surface area contributed by atoms with E-state index in [1.807, 2.05) is 12.1 Å². The van der Waals surface area contributed by atoms with Crippen molar-refractivity contribution in [3.05, 3.63) is 63.7 Å². The molecule has 1 heterocycles. The van der Waals surface area contributed by atoms with Crippen molar-refractivity contribution in [2.45, 2.75) is 31.2 Å². The third-order valence-corrected chi connectivity index (χ3v) is 5.63. The molecule has 122 valence electrons. The van der Waals surface area contributed by atoms with Gasteiger partial charge in [-0.15, -0.1) is 17.0 Å². The molecular formula is C19H21BrClNO. The predicted molar refractivity (Wildman–Crippen MR) is 100 cm³/mol. The quantitative estimate of drug-likeness (QED) is 0.708. The van der Waals surface area contributed by atoms with Gasteiger partial charge in [-0.05, 0) is 60.7 Å². The Morgan fingerprint density at radius 3 is 2.70 bits per heavy atom. The van der Waals surface area contributed by atoms with Crippen molar-refractivity contribution in [3.63, 3.8) is 0 Å². The normalized spacial score (nSPS) is 23.0. The number of aryl methyl sites for hydroxylation is 1. The van der Waals surface area contributed by atoms with E-state index in [0.717, 1.165) is 19.4 Å². The molecule has 0 amide bonds. The van der Waals surface area contributed by atoms with Crippen LogP contribution in [-0.2, 0) is 12.8 Å². The first kappa shape index (κ1) is 16.8. The second-order valence-corrected chi connectivity index (χ2v) is 6.92. The number of nitrogens with zero attached hydrogens (tertiary/aromatic N) is 1. The number of likely N-dealkylation sites (N-methyl/N-ethyl adjacent to an activating group) is 1. The minimum Gasteiger partial charge on any atom is -0.506 e. The molecule has 1 aliphatic carbocycles. The van der Waals surface area contributed by atoms with Gasteiger partial charge < -0.3 is 10.0 Å². The highest BCUT2D eigenvalue weighted by Crippen LogP contribution is 2.44. The number of halogens is 2. The molecule has 0 bridgehead atoms. The zero-order valence-corrected chi connectivity index (χ0v) is 15.6. The zero-order chi connectivity index (χ0) is 15.3. The summed E-state index contributed by atoms with van der Waals surface area (Å²) in [6.07, 6.45) is 3.29. The van der Waals surface area contributed by atoms with Crippen molar-refractivity contribution in [2.75, 3.05) is 13.6 Å². The molecule has 0 saturated heterocycles. The molecule has 1 N–H and O–H groups in total. The summed E-state index contributed by atoms with van der Waals surface area (Å²) in [5.74, 6) is 0.530. The zero-order valence-electron chi connectivity index (χ0n) is 13.1. The summed E-state index contributed by atoms with van der Waals surface area (Å²) in [6.45, 7) is 1.04. The monoisotopic (exact) mass is 393 g/mol. The molecule has 0 fully saturated rings. The van der Waals surface area contributed by atoms with Crippen molar-refractivity contribution < 1.29 is 5.11 Å². The summed E-state index contributed by atoms with van der Waals surface area (Å²) in [7, 11) is 2.22. The average molecular weight is 395 g/mol. The molecule has 0 radical (unpaired) electrons. The molecule has 2 nitrogen and oxygen atoms in total. The lowest BCUT2D eigenvalue weighted by atomic mass is 9.74. The summed E-state index contributed by atoms with van der Waals surface area (Å²) in [5, 5.41) is 10.6. The second-order valence-electron chi connectivity index (χ2n) is 6.52. The third kappa shape index (κ3) is 2.79. The maximum atomic E-state index is 10.1. The molecule has 2 aromatic rings. The Balaban J connectivity index is 0.00000156. The van der Waals surface area contributed by atoms with Crippen LogP contribution in [-0.4, -0.2) is 29.6 Å². The van der Waals surface area contributed by atoms with E-state index < -0.39 is 0 Å². The third-order valence-electron chi connectivity index (χ3n) is 5.33. The van der Waals surface area contributed by atoms with Crippen LogP contribution in [0, 0.1) is 0 Å². The fourth-order valence-corrected chi connectivity index (χ4v) is 4.37. The molecule has 2 unspecified atom stereocenters. The van der Waals surface area contributed by atoms with E-state index in [9.17, 15) is 5.11 Å². The largest absolute Gasteiger partial charge is 0.506 e. The van der Waals surface area contributed by atoms with Crippen molar-refractivity contribution in [2.24, 2.45) is 0 Å². The number of phenols is 1. The number of hydrogen-bond acceptors (Lipinski definition) is 2. The van der Waals surface area contributed by atoms with E-state index in [0.29, 0.717) is 17.0 Å². The summed E-state index contributed by atoms with van der Waals surface area (Å²) in [6, 6.07) is 13.1. The van der Waals surface area contributed by atoms with Crippen molar-refractivity contribution in [3.8, 4) is 5.75 Å². The van der Waals surface area contributed by atoms with Gasteiger partial charge in [0, 0.05) is 18.5 Å². The van der Waals surface area contributed by atoms with E-state index in [1.54, 1.807) is 0 Å². The lowest BCUT2D eigenvalue weighted by molar-refractivity contribution is 0.214. The van der Waals surface area contributed by atoms with E-state index in [1.165, 1.54) is 28.7 Å². The molecule has 4 rings (SSSR count). The van der Waals surface area contributed by atoms with Crippen LogP contribution in [0.15, 0.2) is 36.4 Å². The molecule has 2 aliphatic rings. The first-order valence-electron chi connectivity index (χ1n) is 7.94. The maximum absolute atomic E-state index is 10.1. The van der Waals surface area contributed by atoms with Crippen LogP contribution in [0.25, 0.3) is 0 Å². The van der Waals surface area contributed by atoms with Gasteiger partial charge in [0.2, 0.25) is 0 Å². The van der Waals surface area contributed by atoms with Crippen LogP contribution < -0.4 is 0 Å². The second kappa shape index (κ2) is 6.46. The Hall–Kier alpha value is -1.03. The summed E-state index contributed by atoms with van der Waals surface area (Å²) in [4.78, 5) is 2.48. The summed E-state index contributed by atoms with van der Waals surface area (Å²) < 4.78 is 0. The van der Waals surface area contributed by atoms with Gasteiger partial charge in [0.15, 0.2) is 0 Å². The van der Waals surface area contributed by atoms with Crippen LogP contribution >= 0.6 is 28.6 Å². The fourth-order valence-electron chi connectivity index (χ4n) is 4.18. The Labute approximate surface area is 152 Å². The van der Waals surface area contributed by atoms with Gasteiger partial charge >= 0.3 is 0 Å². The molecule has 2 aromatic carbocycles. The van der Waals surface area contributed by atoms with Crippen LogP contribution in [0.2, 0.25) is 5.02 Å². The molecule has 0 spiro atoms. The first-order valence-corrected chi connectivity index (χ1v) is 8.32. The summed E-state index contributed by atoms with van der Waals surface area (Å²) in [5.41, 5.74) is 5.39. The van der Waals surface area contributed by atoms with Crippen LogP contribution in [0.4, 0.5) is 0 Å². The molecule has 23 heavy (non-hydrogen) atoms. The topological polar surface area (TPSA) is 23.5 Å². The van der Waals surface area contributed by atoms with Crippen molar-refractivity contribution >= 4 is 28.6 Å². The highest BCUT2D eigenvalue weighted by Gasteiger charge is 2.36.